The van der Waals surface area contributed by atoms with Gasteiger partial charge in [0.05, 0.1) is 6.04 Å². The molecule has 0 saturated heterocycles. The average molecular weight is 384 g/mol. The predicted octanol–water partition coefficient (Wildman–Crippen LogP) is 4.77. The highest BCUT2D eigenvalue weighted by molar-refractivity contribution is 5.56. The molecular weight excluding hydrogens is 362 g/mol. The number of halogens is 2. The second-order valence-electron chi connectivity index (χ2n) is 6.99. The highest BCUT2D eigenvalue weighted by Gasteiger charge is 2.27. The van der Waals surface area contributed by atoms with Crippen molar-refractivity contribution in [2.45, 2.75) is 45.2 Å². The minimum atomic E-state index is -0.598. The van der Waals surface area contributed by atoms with E-state index in [9.17, 15) is 8.78 Å². The van der Waals surface area contributed by atoms with Crippen molar-refractivity contribution in [1.29, 1.82) is 0 Å². The smallest absolute Gasteiger partial charge is 0.153 e. The van der Waals surface area contributed by atoms with Crippen LogP contribution in [0.15, 0.2) is 36.7 Å². The van der Waals surface area contributed by atoms with Crippen molar-refractivity contribution in [3.63, 3.8) is 0 Å². The molecule has 1 unspecified atom stereocenters. The maximum atomic E-state index is 14.0. The van der Waals surface area contributed by atoms with Crippen molar-refractivity contribution in [3.8, 4) is 0 Å². The van der Waals surface area contributed by atoms with Crippen LogP contribution in [-0.2, 0) is 6.54 Å². The van der Waals surface area contributed by atoms with Gasteiger partial charge in [0.15, 0.2) is 5.82 Å². The molecule has 146 valence electrons. The Morgan fingerprint density at radius 1 is 1.11 bits per heavy atom. The molecule has 8 heteroatoms. The molecule has 1 saturated carbocycles. The lowest BCUT2D eigenvalue weighted by molar-refractivity contribution is 0.566. The lowest BCUT2D eigenvalue weighted by atomic mass is 10.1. The average Bonchev–Trinajstić information content (AvgIpc) is 3.42. The molecule has 4 rings (SSSR count). The van der Waals surface area contributed by atoms with E-state index in [1.165, 1.54) is 37.0 Å². The van der Waals surface area contributed by atoms with Crippen molar-refractivity contribution in [2.75, 3.05) is 10.6 Å². The summed E-state index contributed by atoms with van der Waals surface area (Å²) in [5.41, 5.74) is 1.61. The Bertz CT molecular complexity index is 983. The molecule has 0 radical (unpaired) electrons. The van der Waals surface area contributed by atoms with Crippen molar-refractivity contribution < 1.29 is 8.78 Å². The molecule has 0 bridgehead atoms. The molecule has 0 aliphatic heterocycles. The number of rotatable bonds is 7. The Hall–Kier alpha value is -3.03. The molecule has 0 spiro atoms. The van der Waals surface area contributed by atoms with Gasteiger partial charge in [-0.3, -0.25) is 4.68 Å². The monoisotopic (exact) mass is 384 g/mol. The lowest BCUT2D eigenvalue weighted by Crippen LogP contribution is -2.10. The van der Waals surface area contributed by atoms with E-state index < -0.39 is 11.6 Å². The van der Waals surface area contributed by atoms with Crippen LogP contribution in [-0.4, -0.2) is 19.7 Å². The van der Waals surface area contributed by atoms with Crippen LogP contribution in [0, 0.1) is 11.6 Å². The number of nitrogens with one attached hydrogen (secondary N) is 2. The van der Waals surface area contributed by atoms with Gasteiger partial charge in [0.2, 0.25) is 0 Å². The Kier molecular flexibility index (Phi) is 4.93. The Balaban J connectivity index is 1.48. The van der Waals surface area contributed by atoms with Crippen LogP contribution in [0.5, 0.6) is 0 Å². The minimum Gasteiger partial charge on any atom is -0.363 e. The largest absolute Gasteiger partial charge is 0.363 e. The first kappa shape index (κ1) is 18.3. The van der Waals surface area contributed by atoms with E-state index in [2.05, 4.69) is 38.7 Å². The molecule has 3 aromatic rings. The van der Waals surface area contributed by atoms with Gasteiger partial charge in [-0.05, 0) is 32.8 Å². The molecule has 1 aromatic carbocycles. The van der Waals surface area contributed by atoms with Gasteiger partial charge in [0.25, 0.3) is 0 Å². The number of benzene rings is 1. The van der Waals surface area contributed by atoms with Crippen molar-refractivity contribution in [2.24, 2.45) is 0 Å². The van der Waals surface area contributed by atoms with E-state index in [0.717, 1.165) is 18.4 Å². The second kappa shape index (κ2) is 7.53. The zero-order chi connectivity index (χ0) is 19.7. The molecule has 2 aromatic heterocycles. The number of anilines is 3. The van der Waals surface area contributed by atoms with Gasteiger partial charge < -0.3 is 10.6 Å². The van der Waals surface area contributed by atoms with Crippen LogP contribution in [0.4, 0.5) is 26.2 Å². The van der Waals surface area contributed by atoms with E-state index in [0.29, 0.717) is 23.1 Å². The molecule has 6 nitrogen and oxygen atoms in total. The Morgan fingerprint density at radius 3 is 2.61 bits per heavy atom. The first-order valence-corrected chi connectivity index (χ1v) is 9.41. The van der Waals surface area contributed by atoms with Crippen LogP contribution in [0.1, 0.15) is 49.9 Å². The molecule has 2 N–H and O–H groups in total. The first-order chi connectivity index (χ1) is 13.5. The van der Waals surface area contributed by atoms with Gasteiger partial charge >= 0.3 is 0 Å². The van der Waals surface area contributed by atoms with E-state index in [4.69, 9.17) is 0 Å². The Morgan fingerprint density at radius 2 is 1.89 bits per heavy atom. The third-order valence-corrected chi connectivity index (χ3v) is 4.82. The summed E-state index contributed by atoms with van der Waals surface area (Å²) in [7, 11) is 0. The fraction of sp³-hybridized carbons (Fsp3) is 0.350. The summed E-state index contributed by atoms with van der Waals surface area (Å²) in [5.74, 6) is 1.28. The highest BCUT2D eigenvalue weighted by atomic mass is 19.1. The molecule has 28 heavy (non-hydrogen) atoms. The number of aromatic nitrogens is 4. The first-order valence-electron chi connectivity index (χ1n) is 9.41. The minimum absolute atomic E-state index is 0.366. The quantitative estimate of drug-likeness (QED) is 0.614. The summed E-state index contributed by atoms with van der Waals surface area (Å²) >= 11 is 0. The van der Waals surface area contributed by atoms with E-state index >= 15 is 0 Å². The van der Waals surface area contributed by atoms with Crippen LogP contribution >= 0.6 is 0 Å². The van der Waals surface area contributed by atoms with E-state index in [1.807, 2.05) is 4.68 Å². The van der Waals surface area contributed by atoms with Crippen LogP contribution in [0.3, 0.4) is 0 Å². The molecule has 0 amide bonds. The summed E-state index contributed by atoms with van der Waals surface area (Å²) in [6, 6.07) is 6.96. The number of hydrogen-bond donors (Lipinski definition) is 2. The topological polar surface area (TPSA) is 67.7 Å². The van der Waals surface area contributed by atoms with Crippen molar-refractivity contribution in [3.05, 3.63) is 59.6 Å². The number of aryl methyl sites for hydroxylation is 1. The summed E-state index contributed by atoms with van der Waals surface area (Å²) in [6.07, 6.45) is 3.85. The van der Waals surface area contributed by atoms with Gasteiger partial charge in [0, 0.05) is 41.9 Å². The van der Waals surface area contributed by atoms with Crippen molar-refractivity contribution in [1.82, 2.24) is 19.7 Å². The van der Waals surface area contributed by atoms with Gasteiger partial charge in [-0.1, -0.05) is 6.07 Å². The molecule has 1 aliphatic carbocycles. The van der Waals surface area contributed by atoms with Gasteiger partial charge in [-0.2, -0.15) is 5.10 Å². The predicted molar refractivity (Wildman–Crippen MR) is 104 cm³/mol. The SMILES string of the molecule is CCn1nc(Nc2cc(NC(C)c3ccc(F)cc3F)ncn2)cc1C1CC1. The zero-order valence-electron chi connectivity index (χ0n) is 15.8. The lowest BCUT2D eigenvalue weighted by Gasteiger charge is -2.16. The van der Waals surface area contributed by atoms with Crippen LogP contribution in [0.2, 0.25) is 0 Å². The molecule has 1 aliphatic rings. The highest BCUT2D eigenvalue weighted by Crippen LogP contribution is 2.41. The molecule has 2 heterocycles. The maximum Gasteiger partial charge on any atom is 0.153 e. The standard InChI is InChI=1S/C20H22F2N6/c1-3-28-17(13-4-5-13)9-20(27-28)26-19-10-18(23-11-24-19)25-12(2)15-7-6-14(21)8-16(15)22/h6-13H,3-5H2,1-2H3,(H2,23,24,25,26,27). The van der Waals surface area contributed by atoms with Gasteiger partial charge in [-0.25, -0.2) is 18.7 Å². The van der Waals surface area contributed by atoms with E-state index in [1.54, 1.807) is 13.0 Å². The van der Waals surface area contributed by atoms with Gasteiger partial charge in [0.1, 0.15) is 29.6 Å². The van der Waals surface area contributed by atoms with Crippen LogP contribution in [0.25, 0.3) is 0 Å². The number of nitrogens with zero attached hydrogens (tertiary/aromatic N) is 4. The fourth-order valence-electron chi connectivity index (χ4n) is 3.24. The van der Waals surface area contributed by atoms with Gasteiger partial charge in [-0.15, -0.1) is 0 Å². The maximum absolute atomic E-state index is 14.0. The third kappa shape index (κ3) is 3.95. The number of hydrogen-bond acceptors (Lipinski definition) is 5. The summed E-state index contributed by atoms with van der Waals surface area (Å²) in [6.45, 7) is 4.69. The second-order valence-corrected chi connectivity index (χ2v) is 6.99. The zero-order valence-corrected chi connectivity index (χ0v) is 15.8. The summed E-state index contributed by atoms with van der Waals surface area (Å²) < 4.78 is 29.1. The molecule has 1 atom stereocenters. The normalized spacial score (nSPS) is 14.7. The third-order valence-electron chi connectivity index (χ3n) is 4.82. The Labute approximate surface area is 162 Å². The van der Waals surface area contributed by atoms with Crippen LogP contribution < -0.4 is 10.6 Å². The summed E-state index contributed by atoms with van der Waals surface area (Å²) in [5, 5.41) is 10.9. The fourth-order valence-corrected chi connectivity index (χ4v) is 3.24. The molecule has 1 fully saturated rings. The van der Waals surface area contributed by atoms with E-state index in [-0.39, 0.29) is 6.04 Å². The molecular formula is C20H22F2N6. The summed E-state index contributed by atoms with van der Waals surface area (Å²) in [4.78, 5) is 8.42. The van der Waals surface area contributed by atoms with Crippen molar-refractivity contribution >= 4 is 17.5 Å².